The van der Waals surface area contributed by atoms with Crippen molar-refractivity contribution in [2.75, 3.05) is 0 Å². The quantitative estimate of drug-likeness (QED) is 0.153. The maximum Gasteiger partial charge on any atom is 0.164 e. The lowest BCUT2D eigenvalue weighted by Crippen LogP contribution is -2.01. The molecule has 0 atom stereocenters. The molecule has 0 saturated carbocycles. The zero-order chi connectivity index (χ0) is 45.0. The fourth-order valence-electron chi connectivity index (χ4n) is 9.67. The van der Waals surface area contributed by atoms with Crippen molar-refractivity contribution in [3.8, 4) is 83.8 Å². The molecule has 6 heteroatoms. The Hall–Kier alpha value is -8.84. The summed E-state index contributed by atoms with van der Waals surface area (Å²) >= 11 is 1.83. The van der Waals surface area contributed by atoms with Gasteiger partial charge in [-0.2, -0.15) is 0 Å². The highest BCUT2D eigenvalue weighted by Crippen LogP contribution is 2.50. The number of hydrogen-bond acceptors (Lipinski definition) is 5. The summed E-state index contributed by atoms with van der Waals surface area (Å²) in [7, 11) is 0. The maximum absolute atomic E-state index is 5.40. The van der Waals surface area contributed by atoms with Gasteiger partial charge < -0.3 is 4.57 Å². The van der Waals surface area contributed by atoms with E-state index >= 15 is 0 Å². The third-order valence-corrected chi connectivity index (χ3v) is 14.1. The van der Waals surface area contributed by atoms with Gasteiger partial charge in [-0.1, -0.05) is 200 Å². The van der Waals surface area contributed by atoms with Crippen LogP contribution in [-0.2, 0) is 0 Å². The highest BCUT2D eigenvalue weighted by Gasteiger charge is 2.23. The van der Waals surface area contributed by atoms with Gasteiger partial charge in [0.15, 0.2) is 17.5 Å². The SMILES string of the molecule is c1ccc(-c2nc(-c3ccc(-c4cccc(-c5nc6ccccc6c6c(-c7ccccc7)c(-c7ccccc7)sc56)c4)cc3)nc(-c3cccc(-n4c5ccccc5c5ccccc54)c3)n2)cc1. The van der Waals surface area contributed by atoms with Crippen molar-refractivity contribution in [3.63, 3.8) is 0 Å². The molecule has 0 unspecified atom stereocenters. The standard InChI is InChI=1S/C62H39N5S/c1-4-18-41(19-5-1)55-56-51-30-10-13-31-52(51)63-57(59(56)68-58(55)42-20-6-2-7-21-42)46-25-16-24-45(38-46)40-34-36-44(37-35-40)61-64-60(43-22-8-3-9-23-43)65-62(66-61)47-26-17-27-48(39-47)67-53-32-14-11-28-49(53)50-29-12-15-33-54(50)67/h1-39H. The summed E-state index contributed by atoms with van der Waals surface area (Å²) < 4.78 is 3.50. The largest absolute Gasteiger partial charge is 0.309 e. The number of nitrogens with zero attached hydrogens (tertiary/aromatic N) is 5. The highest BCUT2D eigenvalue weighted by molar-refractivity contribution is 7.23. The molecule has 4 heterocycles. The molecule has 0 bridgehead atoms. The summed E-state index contributed by atoms with van der Waals surface area (Å²) in [6.07, 6.45) is 0. The van der Waals surface area contributed by atoms with Gasteiger partial charge in [-0.3, -0.25) is 0 Å². The van der Waals surface area contributed by atoms with Crippen molar-refractivity contribution in [1.82, 2.24) is 24.5 Å². The summed E-state index contributed by atoms with van der Waals surface area (Å²) in [5, 5.41) is 4.83. The van der Waals surface area contributed by atoms with Crippen molar-refractivity contribution in [2.24, 2.45) is 0 Å². The van der Waals surface area contributed by atoms with E-state index in [9.17, 15) is 0 Å². The van der Waals surface area contributed by atoms with Crippen molar-refractivity contribution in [1.29, 1.82) is 0 Å². The fourth-order valence-corrected chi connectivity index (χ4v) is 11.0. The smallest absolute Gasteiger partial charge is 0.164 e. The molecule has 13 rings (SSSR count). The number of aromatic nitrogens is 5. The topological polar surface area (TPSA) is 56.5 Å². The third-order valence-electron chi connectivity index (χ3n) is 12.8. The van der Waals surface area contributed by atoms with Crippen LogP contribution < -0.4 is 0 Å². The van der Waals surface area contributed by atoms with Crippen molar-refractivity contribution in [2.45, 2.75) is 0 Å². The number of fused-ring (bicyclic) bond motifs is 6. The maximum atomic E-state index is 5.40. The predicted molar refractivity (Wildman–Crippen MR) is 283 cm³/mol. The van der Waals surface area contributed by atoms with Gasteiger partial charge in [0.25, 0.3) is 0 Å². The Morgan fingerprint density at radius 2 is 0.809 bits per heavy atom. The van der Waals surface area contributed by atoms with E-state index in [2.05, 4.69) is 211 Å². The van der Waals surface area contributed by atoms with Gasteiger partial charge in [-0.25, -0.2) is 19.9 Å². The normalized spacial score (nSPS) is 11.5. The Morgan fingerprint density at radius 1 is 0.324 bits per heavy atom. The third kappa shape index (κ3) is 6.86. The number of benzene rings is 9. The molecule has 4 aromatic heterocycles. The number of rotatable bonds is 8. The van der Waals surface area contributed by atoms with E-state index < -0.39 is 0 Å². The number of thiophene rings is 1. The van der Waals surface area contributed by atoms with E-state index in [1.165, 1.54) is 42.4 Å². The molecule has 0 radical (unpaired) electrons. The van der Waals surface area contributed by atoms with Crippen LogP contribution in [0.15, 0.2) is 237 Å². The Morgan fingerprint density at radius 3 is 1.49 bits per heavy atom. The van der Waals surface area contributed by atoms with E-state index in [0.29, 0.717) is 17.5 Å². The van der Waals surface area contributed by atoms with E-state index in [-0.39, 0.29) is 0 Å². The Bertz CT molecular complexity index is 3960. The first-order chi connectivity index (χ1) is 33.7. The minimum absolute atomic E-state index is 0.611. The Balaban J connectivity index is 0.903. The second-order valence-corrected chi connectivity index (χ2v) is 18.0. The van der Waals surface area contributed by atoms with E-state index in [1.807, 2.05) is 41.7 Å². The predicted octanol–water partition coefficient (Wildman–Crippen LogP) is 16.4. The summed E-state index contributed by atoms with van der Waals surface area (Å²) in [4.78, 5) is 22.0. The molecule has 0 saturated heterocycles. The van der Waals surface area contributed by atoms with Crippen LogP contribution in [0.25, 0.3) is 127 Å². The molecule has 0 spiro atoms. The van der Waals surface area contributed by atoms with Gasteiger partial charge in [0.1, 0.15) is 0 Å². The van der Waals surface area contributed by atoms with Crippen LogP contribution >= 0.6 is 11.3 Å². The van der Waals surface area contributed by atoms with Gasteiger partial charge in [0.05, 0.1) is 26.9 Å². The van der Waals surface area contributed by atoms with Crippen LogP contribution in [0.1, 0.15) is 0 Å². The van der Waals surface area contributed by atoms with Crippen LogP contribution in [-0.4, -0.2) is 24.5 Å². The molecule has 0 aliphatic carbocycles. The number of para-hydroxylation sites is 3. The van der Waals surface area contributed by atoms with Gasteiger partial charge >= 0.3 is 0 Å². The summed E-state index contributed by atoms with van der Waals surface area (Å²) in [5.41, 5.74) is 15.0. The molecule has 0 aliphatic heterocycles. The molecule has 0 amide bonds. The first-order valence-electron chi connectivity index (χ1n) is 22.8. The van der Waals surface area contributed by atoms with E-state index in [4.69, 9.17) is 19.9 Å². The molecule has 13 aromatic rings. The van der Waals surface area contributed by atoms with Crippen LogP contribution in [0, 0.1) is 0 Å². The van der Waals surface area contributed by atoms with Gasteiger partial charge in [0.2, 0.25) is 0 Å². The lowest BCUT2D eigenvalue weighted by atomic mass is 9.95. The molecule has 0 N–H and O–H groups in total. The van der Waals surface area contributed by atoms with E-state index in [1.54, 1.807) is 0 Å². The van der Waals surface area contributed by atoms with Crippen molar-refractivity contribution < 1.29 is 0 Å². The molecule has 5 nitrogen and oxygen atoms in total. The van der Waals surface area contributed by atoms with Crippen LogP contribution in [0.2, 0.25) is 0 Å². The first kappa shape index (κ1) is 39.5. The minimum Gasteiger partial charge on any atom is -0.309 e. The van der Waals surface area contributed by atoms with Crippen LogP contribution in [0.3, 0.4) is 0 Å². The summed E-state index contributed by atoms with van der Waals surface area (Å²) in [6, 6.07) is 83.2. The number of pyridine rings is 1. The van der Waals surface area contributed by atoms with Crippen LogP contribution in [0.4, 0.5) is 0 Å². The molecule has 9 aromatic carbocycles. The monoisotopic (exact) mass is 885 g/mol. The molecular weight excluding hydrogens is 847 g/mol. The zero-order valence-electron chi connectivity index (χ0n) is 36.7. The summed E-state index contributed by atoms with van der Waals surface area (Å²) in [6.45, 7) is 0. The average Bonchev–Trinajstić information content (AvgIpc) is 3.99. The lowest BCUT2D eigenvalue weighted by Gasteiger charge is -2.12. The van der Waals surface area contributed by atoms with Crippen molar-refractivity contribution in [3.05, 3.63) is 237 Å². The van der Waals surface area contributed by atoms with Gasteiger partial charge in [-0.15, -0.1) is 11.3 Å². The molecular formula is C62H39N5S. The second-order valence-electron chi connectivity index (χ2n) is 17.0. The van der Waals surface area contributed by atoms with Gasteiger partial charge in [-0.05, 0) is 58.7 Å². The molecule has 0 aliphatic rings. The average molecular weight is 886 g/mol. The second kappa shape index (κ2) is 16.5. The first-order valence-corrected chi connectivity index (χ1v) is 23.6. The minimum atomic E-state index is 0.611. The van der Waals surface area contributed by atoms with E-state index in [0.717, 1.165) is 66.7 Å². The lowest BCUT2D eigenvalue weighted by molar-refractivity contribution is 1.07. The molecule has 0 fully saturated rings. The van der Waals surface area contributed by atoms with Gasteiger partial charge in [0, 0.05) is 59.9 Å². The number of hydrogen-bond donors (Lipinski definition) is 0. The fraction of sp³-hybridized carbons (Fsp3) is 0. The summed E-state index contributed by atoms with van der Waals surface area (Å²) in [5.74, 6) is 1.85. The highest BCUT2D eigenvalue weighted by atomic mass is 32.1. The Labute approximate surface area is 397 Å². The Kier molecular flexibility index (Phi) is 9.62. The van der Waals surface area contributed by atoms with Crippen LogP contribution in [0.5, 0.6) is 0 Å². The zero-order valence-corrected chi connectivity index (χ0v) is 37.5. The molecule has 318 valence electrons. The molecule has 68 heavy (non-hydrogen) atoms. The van der Waals surface area contributed by atoms with Crippen molar-refractivity contribution >= 4 is 54.1 Å².